The lowest BCUT2D eigenvalue weighted by Gasteiger charge is -2.30. The molecule has 0 saturated carbocycles. The first-order valence-corrected chi connectivity index (χ1v) is 9.17. The Kier molecular flexibility index (Phi) is 4.75. The van der Waals surface area contributed by atoms with Crippen molar-refractivity contribution in [1.29, 1.82) is 0 Å². The predicted octanol–water partition coefficient (Wildman–Crippen LogP) is 1.86. The molecule has 0 fully saturated rings. The molecule has 0 atom stereocenters. The lowest BCUT2D eigenvalue weighted by atomic mass is 9.95. The number of hydrogen-bond donors (Lipinski definition) is 2. The van der Waals surface area contributed by atoms with Crippen molar-refractivity contribution < 1.29 is 14.0 Å². The second-order valence-electron chi connectivity index (χ2n) is 6.81. The smallest absolute Gasteiger partial charge is 0.268 e. The molecule has 8 heteroatoms. The number of carbonyl (C=O) groups excluding carboxylic acids is 2. The Hall–Kier alpha value is -3.68. The summed E-state index contributed by atoms with van der Waals surface area (Å²) in [6, 6.07) is 7.16. The van der Waals surface area contributed by atoms with E-state index in [9.17, 15) is 18.8 Å². The summed E-state index contributed by atoms with van der Waals surface area (Å²) < 4.78 is 14.6. The molecular formula is C21H19FN4O3. The van der Waals surface area contributed by atoms with E-state index in [2.05, 4.69) is 10.3 Å². The van der Waals surface area contributed by atoms with Crippen LogP contribution in [0.4, 0.5) is 4.39 Å². The molecule has 1 aliphatic rings. The van der Waals surface area contributed by atoms with Gasteiger partial charge in [0.2, 0.25) is 0 Å². The quantitative estimate of drug-likeness (QED) is 0.711. The van der Waals surface area contributed by atoms with Crippen LogP contribution in [0, 0.1) is 5.82 Å². The van der Waals surface area contributed by atoms with Crippen LogP contribution in [0.25, 0.3) is 5.69 Å². The molecular weight excluding hydrogens is 375 g/mol. The van der Waals surface area contributed by atoms with Crippen LogP contribution in [-0.4, -0.2) is 39.9 Å². The molecule has 0 unspecified atom stereocenters. The number of nitrogens with zero attached hydrogens (tertiary/aromatic N) is 2. The zero-order valence-electron chi connectivity index (χ0n) is 15.7. The third-order valence-corrected chi connectivity index (χ3v) is 5.09. The van der Waals surface area contributed by atoms with Crippen LogP contribution < -0.4 is 10.9 Å². The highest BCUT2D eigenvalue weighted by Crippen LogP contribution is 2.23. The Morgan fingerprint density at radius 3 is 2.59 bits per heavy atom. The van der Waals surface area contributed by atoms with Crippen LogP contribution >= 0.6 is 0 Å². The third-order valence-electron chi connectivity index (χ3n) is 5.09. The van der Waals surface area contributed by atoms with Gasteiger partial charge in [0, 0.05) is 44.4 Å². The normalized spacial score (nSPS) is 13.1. The van der Waals surface area contributed by atoms with Gasteiger partial charge in [-0.1, -0.05) is 0 Å². The van der Waals surface area contributed by atoms with E-state index in [1.807, 2.05) is 0 Å². The summed E-state index contributed by atoms with van der Waals surface area (Å²) in [6.07, 6.45) is 5.34. The zero-order valence-corrected chi connectivity index (χ0v) is 15.7. The Labute approximate surface area is 165 Å². The number of H-pyrrole nitrogens is 1. The molecule has 2 aromatic heterocycles. The molecule has 1 aliphatic heterocycles. The van der Waals surface area contributed by atoms with E-state index in [1.54, 1.807) is 29.6 Å². The number of aromatic nitrogens is 2. The van der Waals surface area contributed by atoms with Crippen molar-refractivity contribution in [2.45, 2.75) is 13.0 Å². The van der Waals surface area contributed by atoms with Gasteiger partial charge >= 0.3 is 0 Å². The number of rotatable bonds is 3. The molecule has 7 nitrogen and oxygen atoms in total. The Morgan fingerprint density at radius 1 is 1.17 bits per heavy atom. The fourth-order valence-electron chi connectivity index (χ4n) is 3.62. The van der Waals surface area contributed by atoms with Crippen LogP contribution in [0.15, 0.2) is 53.7 Å². The topological polar surface area (TPSA) is 87.2 Å². The Morgan fingerprint density at radius 2 is 1.93 bits per heavy atom. The molecule has 148 valence electrons. The van der Waals surface area contributed by atoms with Crippen molar-refractivity contribution in [1.82, 2.24) is 19.8 Å². The van der Waals surface area contributed by atoms with Crippen molar-refractivity contribution >= 4 is 11.8 Å². The SMILES string of the molecule is CNC(=O)c1c2c(cn(-c3ccc(F)cc3)c1=O)CN(C(=O)c1cc[nH]c1)CC2. The van der Waals surface area contributed by atoms with Crippen LogP contribution in [-0.2, 0) is 13.0 Å². The van der Waals surface area contributed by atoms with Crippen LogP contribution in [0.5, 0.6) is 0 Å². The van der Waals surface area contributed by atoms with Gasteiger partial charge in [-0.2, -0.15) is 0 Å². The fourth-order valence-corrected chi connectivity index (χ4v) is 3.62. The van der Waals surface area contributed by atoms with Gasteiger partial charge in [-0.3, -0.25) is 19.0 Å². The van der Waals surface area contributed by atoms with Gasteiger partial charge in [0.25, 0.3) is 17.4 Å². The molecule has 4 rings (SSSR count). The Balaban J connectivity index is 1.81. The molecule has 3 aromatic rings. The van der Waals surface area contributed by atoms with Crippen molar-refractivity contribution in [3.05, 3.63) is 87.3 Å². The maximum absolute atomic E-state index is 13.3. The van der Waals surface area contributed by atoms with Gasteiger partial charge in [-0.25, -0.2) is 4.39 Å². The van der Waals surface area contributed by atoms with Crippen molar-refractivity contribution in [2.75, 3.05) is 13.6 Å². The van der Waals surface area contributed by atoms with E-state index in [-0.39, 0.29) is 18.0 Å². The molecule has 0 radical (unpaired) electrons. The highest BCUT2D eigenvalue weighted by molar-refractivity contribution is 5.96. The van der Waals surface area contributed by atoms with Crippen LogP contribution in [0.2, 0.25) is 0 Å². The first kappa shape index (κ1) is 18.7. The summed E-state index contributed by atoms with van der Waals surface area (Å²) in [5, 5.41) is 2.52. The van der Waals surface area contributed by atoms with E-state index < -0.39 is 17.3 Å². The minimum Gasteiger partial charge on any atom is -0.367 e. The number of amides is 2. The van der Waals surface area contributed by atoms with Crippen LogP contribution in [0.1, 0.15) is 31.8 Å². The summed E-state index contributed by atoms with van der Waals surface area (Å²) in [7, 11) is 1.47. The lowest BCUT2D eigenvalue weighted by molar-refractivity contribution is 0.0734. The standard InChI is InChI=1S/C21H19FN4O3/c1-23-19(27)18-17-7-9-25(20(28)13-6-8-24-10-13)11-14(17)12-26(21(18)29)16-4-2-15(22)3-5-16/h2-6,8,10,12,24H,7,9,11H2,1H3,(H,23,27). The van der Waals surface area contributed by atoms with Gasteiger partial charge in [0.1, 0.15) is 11.4 Å². The number of aromatic amines is 1. The molecule has 2 N–H and O–H groups in total. The average Bonchev–Trinajstić information content (AvgIpc) is 3.27. The largest absolute Gasteiger partial charge is 0.367 e. The lowest BCUT2D eigenvalue weighted by Crippen LogP contribution is -2.40. The zero-order chi connectivity index (χ0) is 20.5. The van der Waals surface area contributed by atoms with Gasteiger partial charge < -0.3 is 15.2 Å². The molecule has 0 spiro atoms. The highest BCUT2D eigenvalue weighted by Gasteiger charge is 2.28. The number of benzene rings is 1. The van der Waals surface area contributed by atoms with Crippen LogP contribution in [0.3, 0.4) is 0 Å². The summed E-state index contributed by atoms with van der Waals surface area (Å²) >= 11 is 0. The molecule has 0 aliphatic carbocycles. The monoisotopic (exact) mass is 394 g/mol. The summed E-state index contributed by atoms with van der Waals surface area (Å²) in [6.45, 7) is 0.672. The molecule has 2 amide bonds. The number of hydrogen-bond acceptors (Lipinski definition) is 3. The van der Waals surface area contributed by atoms with Gasteiger partial charge in [0.05, 0.1) is 5.56 Å². The van der Waals surface area contributed by atoms with Crippen molar-refractivity contribution in [2.24, 2.45) is 0 Å². The summed E-state index contributed by atoms with van der Waals surface area (Å²) in [5.41, 5.74) is 1.93. The van der Waals surface area contributed by atoms with E-state index in [0.29, 0.717) is 35.3 Å². The highest BCUT2D eigenvalue weighted by atomic mass is 19.1. The molecule has 0 bridgehead atoms. The summed E-state index contributed by atoms with van der Waals surface area (Å²) in [5.74, 6) is -1.03. The molecule has 29 heavy (non-hydrogen) atoms. The van der Waals surface area contributed by atoms with Gasteiger partial charge in [-0.15, -0.1) is 0 Å². The molecule has 3 heterocycles. The maximum atomic E-state index is 13.3. The number of carbonyl (C=O) groups is 2. The van der Waals surface area contributed by atoms with Gasteiger partial charge in [0.15, 0.2) is 0 Å². The fraction of sp³-hybridized carbons (Fsp3) is 0.190. The number of fused-ring (bicyclic) bond motifs is 1. The predicted molar refractivity (Wildman–Crippen MR) is 105 cm³/mol. The van der Waals surface area contributed by atoms with Crippen molar-refractivity contribution in [3.63, 3.8) is 0 Å². The number of halogens is 1. The van der Waals surface area contributed by atoms with Crippen molar-refractivity contribution in [3.8, 4) is 5.69 Å². The first-order chi connectivity index (χ1) is 14.0. The number of pyridine rings is 1. The second kappa shape index (κ2) is 7.38. The van der Waals surface area contributed by atoms with E-state index in [0.717, 1.165) is 0 Å². The van der Waals surface area contributed by atoms with E-state index in [1.165, 1.54) is 35.9 Å². The average molecular weight is 394 g/mol. The van der Waals surface area contributed by atoms with Gasteiger partial charge in [-0.05, 0) is 47.9 Å². The molecule has 0 saturated heterocycles. The first-order valence-electron chi connectivity index (χ1n) is 9.17. The van der Waals surface area contributed by atoms with E-state index >= 15 is 0 Å². The van der Waals surface area contributed by atoms with E-state index in [4.69, 9.17) is 0 Å². The number of nitrogens with one attached hydrogen (secondary N) is 2. The third kappa shape index (κ3) is 3.33. The minimum absolute atomic E-state index is 0.0584. The summed E-state index contributed by atoms with van der Waals surface area (Å²) in [4.78, 5) is 42.8. The maximum Gasteiger partial charge on any atom is 0.268 e. The second-order valence-corrected chi connectivity index (χ2v) is 6.81. The Bertz CT molecular complexity index is 1130. The molecule has 1 aromatic carbocycles. The minimum atomic E-state index is -0.479.